The number of ether oxygens (including phenoxy) is 1. The van der Waals surface area contributed by atoms with Crippen LogP contribution in [0.2, 0.25) is 0 Å². The first-order valence-electron chi connectivity index (χ1n) is 6.34. The van der Waals surface area contributed by atoms with Gasteiger partial charge in [0.25, 0.3) is 0 Å². The molecule has 4 nitrogen and oxygen atoms in total. The Kier molecular flexibility index (Phi) is 4.04. The monoisotopic (exact) mass is 226 g/mol. The quantitative estimate of drug-likeness (QED) is 0.794. The highest BCUT2D eigenvalue weighted by molar-refractivity contribution is 5.74. The second-order valence-corrected chi connectivity index (χ2v) is 4.96. The summed E-state index contributed by atoms with van der Waals surface area (Å²) in [6.07, 6.45) is 5.73. The molecule has 1 saturated heterocycles. The van der Waals surface area contributed by atoms with E-state index in [9.17, 15) is 4.79 Å². The lowest BCUT2D eigenvalue weighted by atomic mass is 9.93. The summed E-state index contributed by atoms with van der Waals surface area (Å²) in [4.78, 5) is 13.8. The molecule has 0 bridgehead atoms. The fraction of sp³-hybridized carbons (Fsp3) is 0.917. The molecule has 16 heavy (non-hydrogen) atoms. The average molecular weight is 226 g/mol. The van der Waals surface area contributed by atoms with Gasteiger partial charge in [-0.25, -0.2) is 4.79 Å². The van der Waals surface area contributed by atoms with E-state index in [1.165, 1.54) is 6.42 Å². The van der Waals surface area contributed by atoms with Crippen LogP contribution in [0.4, 0.5) is 4.79 Å². The van der Waals surface area contributed by atoms with Crippen LogP contribution in [0.5, 0.6) is 0 Å². The molecular formula is C12H22N2O2. The highest BCUT2D eigenvalue weighted by Gasteiger charge is 2.26. The molecule has 2 amide bonds. The van der Waals surface area contributed by atoms with E-state index in [0.29, 0.717) is 12.0 Å². The van der Waals surface area contributed by atoms with Gasteiger partial charge in [-0.1, -0.05) is 0 Å². The molecule has 1 N–H and O–H groups in total. The summed E-state index contributed by atoms with van der Waals surface area (Å²) in [5, 5.41) is 3.09. The minimum absolute atomic E-state index is 0.139. The Balaban J connectivity index is 1.68. The maximum Gasteiger partial charge on any atom is 0.317 e. The highest BCUT2D eigenvalue weighted by atomic mass is 16.5. The Hall–Kier alpha value is -0.770. The topological polar surface area (TPSA) is 41.6 Å². The van der Waals surface area contributed by atoms with Gasteiger partial charge >= 0.3 is 6.03 Å². The Morgan fingerprint density at radius 1 is 1.31 bits per heavy atom. The zero-order valence-corrected chi connectivity index (χ0v) is 10.1. The molecule has 0 spiro atoms. The van der Waals surface area contributed by atoms with Crippen molar-refractivity contribution in [1.82, 2.24) is 10.2 Å². The van der Waals surface area contributed by atoms with Crippen LogP contribution < -0.4 is 5.32 Å². The number of amides is 2. The number of carbonyl (C=O) groups is 1. The summed E-state index contributed by atoms with van der Waals surface area (Å²) in [6, 6.07) is 0.588. The number of likely N-dealkylation sites (tertiary alicyclic amines) is 1. The Labute approximate surface area is 97.3 Å². The predicted octanol–water partition coefficient (Wildman–Crippen LogP) is 1.61. The van der Waals surface area contributed by atoms with Gasteiger partial charge in [-0.2, -0.15) is 0 Å². The number of rotatable bonds is 3. The molecule has 1 aliphatic heterocycles. The van der Waals surface area contributed by atoms with E-state index in [0.717, 1.165) is 45.4 Å². The number of carbonyl (C=O) groups excluding carboxylic acids is 1. The third-order valence-electron chi connectivity index (χ3n) is 3.74. The number of urea groups is 1. The Morgan fingerprint density at radius 3 is 2.50 bits per heavy atom. The predicted molar refractivity (Wildman–Crippen MR) is 62.3 cm³/mol. The Morgan fingerprint density at radius 2 is 2.00 bits per heavy atom. The average Bonchev–Trinajstić information content (AvgIpc) is 2.25. The molecule has 0 aromatic carbocycles. The van der Waals surface area contributed by atoms with Crippen molar-refractivity contribution in [1.29, 1.82) is 0 Å². The van der Waals surface area contributed by atoms with Gasteiger partial charge in [-0.3, -0.25) is 0 Å². The van der Waals surface area contributed by atoms with Gasteiger partial charge in [-0.05, 0) is 38.0 Å². The molecule has 92 valence electrons. The maximum absolute atomic E-state index is 11.8. The first-order valence-corrected chi connectivity index (χ1v) is 6.34. The zero-order valence-electron chi connectivity index (χ0n) is 10.1. The van der Waals surface area contributed by atoms with Gasteiger partial charge in [0, 0.05) is 32.8 Å². The lowest BCUT2D eigenvalue weighted by Gasteiger charge is -2.34. The van der Waals surface area contributed by atoms with Crippen molar-refractivity contribution in [2.75, 3.05) is 26.8 Å². The van der Waals surface area contributed by atoms with E-state index in [2.05, 4.69) is 5.32 Å². The first kappa shape index (κ1) is 11.7. The van der Waals surface area contributed by atoms with Crippen LogP contribution in [0.15, 0.2) is 0 Å². The number of nitrogens with one attached hydrogen (secondary N) is 1. The van der Waals surface area contributed by atoms with Crippen molar-refractivity contribution in [3.05, 3.63) is 0 Å². The molecular weight excluding hydrogens is 204 g/mol. The van der Waals surface area contributed by atoms with Gasteiger partial charge < -0.3 is 15.0 Å². The summed E-state index contributed by atoms with van der Waals surface area (Å²) in [6.45, 7) is 2.59. The number of nitrogens with zero attached hydrogens (tertiary/aromatic N) is 1. The molecule has 0 unspecified atom stereocenters. The second-order valence-electron chi connectivity index (χ2n) is 4.96. The summed E-state index contributed by atoms with van der Waals surface area (Å²) in [5.41, 5.74) is 0. The van der Waals surface area contributed by atoms with Crippen molar-refractivity contribution in [3.8, 4) is 0 Å². The number of hydrogen-bond donors (Lipinski definition) is 1. The van der Waals surface area contributed by atoms with E-state index in [4.69, 9.17) is 4.74 Å². The molecule has 1 saturated carbocycles. The van der Waals surface area contributed by atoms with Crippen LogP contribution in [-0.2, 0) is 4.74 Å². The first-order chi connectivity index (χ1) is 7.79. The SMILES string of the molecule is COCC1CCN(C(=O)NC2CCC2)CC1. The number of piperidine rings is 1. The standard InChI is InChI=1S/C12H22N2O2/c1-16-9-10-5-7-14(8-6-10)12(15)13-11-3-2-4-11/h10-11H,2-9H2,1H3,(H,13,15). The van der Waals surface area contributed by atoms with Gasteiger partial charge in [-0.15, -0.1) is 0 Å². The van der Waals surface area contributed by atoms with Crippen LogP contribution in [0, 0.1) is 5.92 Å². The zero-order chi connectivity index (χ0) is 11.4. The van der Waals surface area contributed by atoms with Crippen LogP contribution >= 0.6 is 0 Å². The van der Waals surface area contributed by atoms with Crippen LogP contribution in [0.25, 0.3) is 0 Å². The summed E-state index contributed by atoms with van der Waals surface area (Å²) in [7, 11) is 1.75. The van der Waals surface area contributed by atoms with Gasteiger partial charge in [0.2, 0.25) is 0 Å². The van der Waals surface area contributed by atoms with Crippen LogP contribution in [0.3, 0.4) is 0 Å². The molecule has 2 fully saturated rings. The van der Waals surface area contributed by atoms with E-state index < -0.39 is 0 Å². The number of hydrogen-bond acceptors (Lipinski definition) is 2. The van der Waals surface area contributed by atoms with Crippen molar-refractivity contribution in [3.63, 3.8) is 0 Å². The molecule has 1 heterocycles. The largest absolute Gasteiger partial charge is 0.384 e. The molecule has 0 radical (unpaired) electrons. The van der Waals surface area contributed by atoms with Crippen LogP contribution in [0.1, 0.15) is 32.1 Å². The maximum atomic E-state index is 11.8. The van der Waals surface area contributed by atoms with E-state index >= 15 is 0 Å². The number of methoxy groups -OCH3 is 1. The van der Waals surface area contributed by atoms with Crippen LogP contribution in [-0.4, -0.2) is 43.8 Å². The van der Waals surface area contributed by atoms with E-state index in [1.54, 1.807) is 7.11 Å². The highest BCUT2D eigenvalue weighted by Crippen LogP contribution is 2.20. The second kappa shape index (κ2) is 5.53. The fourth-order valence-corrected chi connectivity index (χ4v) is 2.36. The summed E-state index contributed by atoms with van der Waals surface area (Å²) >= 11 is 0. The lowest BCUT2D eigenvalue weighted by molar-refractivity contribution is 0.105. The van der Waals surface area contributed by atoms with Crippen molar-refractivity contribution in [2.24, 2.45) is 5.92 Å². The summed E-state index contributed by atoms with van der Waals surface area (Å²) in [5.74, 6) is 0.637. The van der Waals surface area contributed by atoms with Gasteiger partial charge in [0.15, 0.2) is 0 Å². The van der Waals surface area contributed by atoms with Crippen molar-refractivity contribution in [2.45, 2.75) is 38.1 Å². The normalized spacial score (nSPS) is 22.9. The smallest absolute Gasteiger partial charge is 0.317 e. The van der Waals surface area contributed by atoms with Crippen molar-refractivity contribution < 1.29 is 9.53 Å². The minimum atomic E-state index is 0.139. The molecule has 1 aliphatic carbocycles. The summed E-state index contributed by atoms with van der Waals surface area (Å²) < 4.78 is 5.15. The molecule has 0 atom stereocenters. The van der Waals surface area contributed by atoms with Crippen molar-refractivity contribution >= 4 is 6.03 Å². The molecule has 2 rings (SSSR count). The molecule has 0 aromatic heterocycles. The van der Waals surface area contributed by atoms with Gasteiger partial charge in [0.05, 0.1) is 0 Å². The fourth-order valence-electron chi connectivity index (χ4n) is 2.36. The van der Waals surface area contributed by atoms with Gasteiger partial charge in [0.1, 0.15) is 0 Å². The van der Waals surface area contributed by atoms with E-state index in [-0.39, 0.29) is 6.03 Å². The third kappa shape index (κ3) is 2.88. The molecule has 4 heteroatoms. The molecule has 2 aliphatic rings. The molecule has 0 aromatic rings. The third-order valence-corrected chi connectivity index (χ3v) is 3.74. The lowest BCUT2D eigenvalue weighted by Crippen LogP contribution is -2.49. The van der Waals surface area contributed by atoms with E-state index in [1.807, 2.05) is 4.90 Å². The minimum Gasteiger partial charge on any atom is -0.384 e. The Bertz CT molecular complexity index is 233.